The van der Waals surface area contributed by atoms with Gasteiger partial charge >= 0.3 is 19.8 Å². The molecule has 0 aliphatic carbocycles. The first kappa shape index (κ1) is 53.0. The maximum Gasteiger partial charge on any atom is 0.472 e. The quantitative estimate of drug-likeness (QED) is 0.0282. The second kappa shape index (κ2) is 37.6. The molecule has 0 radical (unpaired) electrons. The Labute approximate surface area is 334 Å². The van der Waals surface area contributed by atoms with Crippen molar-refractivity contribution in [2.24, 2.45) is 0 Å². The standard InChI is InChI=1S/C44H88NO8P/c1-6-8-10-12-14-16-18-20-22-23-25-27-29-31-33-35-37-44(47)53-42(41-52-54(48,49)51-39-38-45(3,4)5)40-50-43(46)36-34-32-30-28-26-24-21-19-17-15-13-11-9-7-2/h42H,6-41H2,1-5H3/p+1. The highest BCUT2D eigenvalue weighted by atomic mass is 31.2. The summed E-state index contributed by atoms with van der Waals surface area (Å²) in [6, 6.07) is 0. The molecule has 0 aromatic heterocycles. The van der Waals surface area contributed by atoms with Crippen molar-refractivity contribution in [3.05, 3.63) is 0 Å². The van der Waals surface area contributed by atoms with E-state index in [0.29, 0.717) is 17.4 Å². The summed E-state index contributed by atoms with van der Waals surface area (Å²) < 4.78 is 34.3. The largest absolute Gasteiger partial charge is 0.472 e. The normalized spacial score (nSPS) is 13.5. The Hall–Kier alpha value is -0.990. The van der Waals surface area contributed by atoms with Crippen LogP contribution >= 0.6 is 7.82 Å². The molecule has 2 unspecified atom stereocenters. The molecule has 0 saturated heterocycles. The smallest absolute Gasteiger partial charge is 0.462 e. The number of nitrogens with zero attached hydrogens (tertiary/aromatic N) is 1. The number of ether oxygens (including phenoxy) is 2. The van der Waals surface area contributed by atoms with Crippen molar-refractivity contribution in [1.29, 1.82) is 0 Å². The van der Waals surface area contributed by atoms with Gasteiger partial charge in [-0.3, -0.25) is 18.6 Å². The molecule has 322 valence electrons. The molecule has 0 aliphatic heterocycles. The zero-order chi connectivity index (χ0) is 40.0. The van der Waals surface area contributed by atoms with Gasteiger partial charge in [-0.2, -0.15) is 0 Å². The first-order chi connectivity index (χ1) is 26.0. The third-order valence-electron chi connectivity index (χ3n) is 10.1. The van der Waals surface area contributed by atoms with Crippen molar-refractivity contribution >= 4 is 19.8 Å². The lowest BCUT2D eigenvalue weighted by molar-refractivity contribution is -0.870. The third-order valence-corrected chi connectivity index (χ3v) is 11.1. The van der Waals surface area contributed by atoms with Crippen molar-refractivity contribution in [3.63, 3.8) is 0 Å². The lowest BCUT2D eigenvalue weighted by Crippen LogP contribution is -2.37. The maximum atomic E-state index is 12.7. The van der Waals surface area contributed by atoms with E-state index < -0.39 is 26.5 Å². The van der Waals surface area contributed by atoms with Gasteiger partial charge in [0.15, 0.2) is 6.10 Å². The molecule has 9 nitrogen and oxygen atoms in total. The van der Waals surface area contributed by atoms with E-state index in [9.17, 15) is 19.0 Å². The second-order valence-corrected chi connectivity index (χ2v) is 18.3. The first-order valence-electron chi connectivity index (χ1n) is 22.8. The fourth-order valence-corrected chi connectivity index (χ4v) is 7.29. The summed E-state index contributed by atoms with van der Waals surface area (Å²) in [5.74, 6) is -0.783. The summed E-state index contributed by atoms with van der Waals surface area (Å²) in [7, 11) is 1.49. The lowest BCUT2D eigenvalue weighted by atomic mass is 10.0. The first-order valence-corrected chi connectivity index (χ1v) is 24.3. The molecule has 10 heteroatoms. The van der Waals surface area contributed by atoms with Crippen LogP contribution in [0.15, 0.2) is 0 Å². The summed E-state index contributed by atoms with van der Waals surface area (Å²) >= 11 is 0. The SMILES string of the molecule is CCCCCCCCCCCCCCCCCCC(=O)OC(COC(=O)CCCCCCCCCCCCCCCC)COP(=O)(O)OCC[N+](C)(C)C. The van der Waals surface area contributed by atoms with E-state index in [2.05, 4.69) is 13.8 Å². The van der Waals surface area contributed by atoms with Crippen LogP contribution in [0.2, 0.25) is 0 Å². The Morgan fingerprint density at radius 2 is 0.833 bits per heavy atom. The van der Waals surface area contributed by atoms with Crippen molar-refractivity contribution in [3.8, 4) is 0 Å². The van der Waals surface area contributed by atoms with Crippen LogP contribution in [-0.4, -0.2) is 74.9 Å². The fourth-order valence-electron chi connectivity index (χ4n) is 6.54. The minimum absolute atomic E-state index is 0.0369. The van der Waals surface area contributed by atoms with Gasteiger partial charge in [-0.15, -0.1) is 0 Å². The average molecular weight is 791 g/mol. The molecule has 0 aliphatic rings. The highest BCUT2D eigenvalue weighted by Gasteiger charge is 2.27. The second-order valence-electron chi connectivity index (χ2n) is 16.8. The predicted octanol–water partition coefficient (Wildman–Crippen LogP) is 12.8. The molecule has 0 spiro atoms. The van der Waals surface area contributed by atoms with Crippen LogP contribution in [0.4, 0.5) is 0 Å². The molecule has 54 heavy (non-hydrogen) atoms. The van der Waals surface area contributed by atoms with Gasteiger partial charge in [-0.1, -0.05) is 194 Å². The highest BCUT2D eigenvalue weighted by Crippen LogP contribution is 2.43. The number of rotatable bonds is 42. The number of carbonyl (C=O) groups excluding carboxylic acids is 2. The van der Waals surface area contributed by atoms with Crippen molar-refractivity contribution in [1.82, 2.24) is 0 Å². The Balaban J connectivity index is 4.29. The Morgan fingerprint density at radius 3 is 1.19 bits per heavy atom. The van der Waals surface area contributed by atoms with Crippen molar-refractivity contribution < 1.29 is 42.1 Å². The van der Waals surface area contributed by atoms with Gasteiger partial charge < -0.3 is 18.9 Å². The Bertz CT molecular complexity index is 896. The van der Waals surface area contributed by atoms with Crippen LogP contribution in [0.3, 0.4) is 0 Å². The van der Waals surface area contributed by atoms with E-state index in [0.717, 1.165) is 38.5 Å². The Morgan fingerprint density at radius 1 is 0.500 bits per heavy atom. The molecular weight excluding hydrogens is 701 g/mol. The van der Waals surface area contributed by atoms with Crippen LogP contribution in [0.5, 0.6) is 0 Å². The molecule has 0 aromatic carbocycles. The van der Waals surface area contributed by atoms with E-state index in [4.69, 9.17) is 18.5 Å². The predicted molar refractivity (Wildman–Crippen MR) is 225 cm³/mol. The molecule has 0 bridgehead atoms. The van der Waals surface area contributed by atoms with Crippen LogP contribution in [0.25, 0.3) is 0 Å². The van der Waals surface area contributed by atoms with E-state index in [-0.39, 0.29) is 25.6 Å². The van der Waals surface area contributed by atoms with E-state index in [1.165, 1.54) is 154 Å². The fraction of sp³-hybridized carbons (Fsp3) is 0.955. The van der Waals surface area contributed by atoms with Gasteiger partial charge in [0.05, 0.1) is 27.7 Å². The highest BCUT2D eigenvalue weighted by molar-refractivity contribution is 7.47. The van der Waals surface area contributed by atoms with Gasteiger partial charge in [0.1, 0.15) is 19.8 Å². The van der Waals surface area contributed by atoms with Crippen LogP contribution < -0.4 is 0 Å². The topological polar surface area (TPSA) is 108 Å². The molecule has 0 saturated carbocycles. The van der Waals surface area contributed by atoms with Crippen LogP contribution in [0, 0.1) is 0 Å². The molecule has 0 rings (SSSR count). The zero-order valence-corrected chi connectivity index (χ0v) is 37.1. The number of likely N-dealkylation sites (N-methyl/N-ethyl adjacent to an activating group) is 1. The molecule has 0 heterocycles. The van der Waals surface area contributed by atoms with E-state index >= 15 is 0 Å². The molecule has 0 amide bonds. The number of hydrogen-bond acceptors (Lipinski definition) is 7. The molecule has 1 N–H and O–H groups in total. The van der Waals surface area contributed by atoms with Crippen LogP contribution in [0.1, 0.15) is 219 Å². The van der Waals surface area contributed by atoms with E-state index in [1.807, 2.05) is 21.1 Å². The Kier molecular flexibility index (Phi) is 36.9. The number of hydrogen-bond donors (Lipinski definition) is 1. The molecular formula is C44H89NO8P+. The summed E-state index contributed by atoms with van der Waals surface area (Å²) in [6.07, 6.45) is 37.1. The third kappa shape index (κ3) is 40.7. The van der Waals surface area contributed by atoms with E-state index in [1.54, 1.807) is 0 Å². The van der Waals surface area contributed by atoms with Gasteiger partial charge in [0, 0.05) is 12.8 Å². The number of quaternary nitrogens is 1. The number of phosphoric ester groups is 1. The summed E-state index contributed by atoms with van der Waals surface area (Å²) in [4.78, 5) is 35.4. The number of esters is 2. The number of phosphoric acid groups is 1. The van der Waals surface area contributed by atoms with Gasteiger partial charge in [-0.05, 0) is 12.8 Å². The van der Waals surface area contributed by atoms with Gasteiger partial charge in [0.2, 0.25) is 0 Å². The maximum absolute atomic E-state index is 12.7. The number of carbonyl (C=O) groups is 2. The minimum Gasteiger partial charge on any atom is -0.462 e. The van der Waals surface area contributed by atoms with Gasteiger partial charge in [0.25, 0.3) is 0 Å². The summed E-state index contributed by atoms with van der Waals surface area (Å²) in [5, 5.41) is 0. The molecule has 0 aromatic rings. The number of unbranched alkanes of at least 4 members (excludes halogenated alkanes) is 28. The lowest BCUT2D eigenvalue weighted by Gasteiger charge is -2.24. The van der Waals surface area contributed by atoms with Crippen molar-refractivity contribution in [2.75, 3.05) is 47.5 Å². The zero-order valence-electron chi connectivity index (χ0n) is 36.2. The monoisotopic (exact) mass is 791 g/mol. The summed E-state index contributed by atoms with van der Waals surface area (Å²) in [6.45, 7) is 4.46. The van der Waals surface area contributed by atoms with Gasteiger partial charge in [-0.25, -0.2) is 4.57 Å². The van der Waals surface area contributed by atoms with Crippen molar-refractivity contribution in [2.45, 2.75) is 225 Å². The molecule has 0 fully saturated rings. The summed E-state index contributed by atoms with van der Waals surface area (Å²) in [5.41, 5.74) is 0. The minimum atomic E-state index is -4.37. The van der Waals surface area contributed by atoms with Crippen LogP contribution in [-0.2, 0) is 32.7 Å². The average Bonchev–Trinajstić information content (AvgIpc) is 3.12. The molecule has 2 atom stereocenters.